The van der Waals surface area contributed by atoms with Crippen LogP contribution in [-0.2, 0) is 11.8 Å². The van der Waals surface area contributed by atoms with Crippen LogP contribution in [0.25, 0.3) is 53.5 Å². The van der Waals surface area contributed by atoms with E-state index in [2.05, 4.69) is 115 Å². The van der Waals surface area contributed by atoms with Gasteiger partial charge in [0.05, 0.1) is 15.9 Å². The summed E-state index contributed by atoms with van der Waals surface area (Å²) >= 11 is 3.75. The zero-order valence-corrected chi connectivity index (χ0v) is 25.0. The number of thiophene rings is 2. The normalized spacial score (nSPS) is 12.4. The van der Waals surface area contributed by atoms with Crippen LogP contribution in [0.3, 0.4) is 0 Å². The summed E-state index contributed by atoms with van der Waals surface area (Å²) in [6, 6.07) is 22.8. The third-order valence-electron chi connectivity index (χ3n) is 7.67. The standard InChI is InChI=1S/C35H35NS2/c1-20(2)14-26-19-37-32-17-24(12-13-28(26)32)29-18-31(36-33-21(3)22(4)38-34(29)33)25-15-23-10-8-9-11-27(23)30(16-25)35(5,6)7/h8-13,15-20H,14H2,1-7H3. The molecule has 0 aliphatic rings. The average Bonchev–Trinajstić information content (AvgIpc) is 3.41. The minimum absolute atomic E-state index is 0.0370. The number of aryl methyl sites for hydroxylation is 2. The van der Waals surface area contributed by atoms with Crippen molar-refractivity contribution < 1.29 is 0 Å². The van der Waals surface area contributed by atoms with Crippen LogP contribution in [0.15, 0.2) is 66.0 Å². The maximum atomic E-state index is 5.29. The Labute approximate surface area is 234 Å². The molecule has 1 nitrogen and oxygen atoms in total. The van der Waals surface area contributed by atoms with E-state index in [1.807, 2.05) is 22.7 Å². The SMILES string of the molecule is Cc1sc2c(-c3ccc4c(CC(C)C)csc4c3)cc(-c3cc(C(C)(C)C)c4ccccc4c3)nc2c1C. The maximum Gasteiger partial charge on any atom is 0.0855 e. The van der Waals surface area contributed by atoms with E-state index in [1.165, 1.54) is 63.8 Å². The Hall–Kier alpha value is -3.01. The molecule has 0 saturated carbocycles. The van der Waals surface area contributed by atoms with Gasteiger partial charge < -0.3 is 0 Å². The molecule has 6 aromatic rings. The molecule has 0 N–H and O–H groups in total. The lowest BCUT2D eigenvalue weighted by molar-refractivity contribution is 0.596. The first-order chi connectivity index (χ1) is 18.1. The molecule has 3 heterocycles. The highest BCUT2D eigenvalue weighted by molar-refractivity contribution is 7.19. The van der Waals surface area contributed by atoms with Crippen molar-refractivity contribution in [1.29, 1.82) is 0 Å². The first-order valence-electron chi connectivity index (χ1n) is 13.5. The van der Waals surface area contributed by atoms with Crippen LogP contribution in [0.1, 0.15) is 56.2 Å². The smallest absolute Gasteiger partial charge is 0.0855 e. The van der Waals surface area contributed by atoms with Gasteiger partial charge in [0.25, 0.3) is 0 Å². The summed E-state index contributed by atoms with van der Waals surface area (Å²) in [6.07, 6.45) is 1.13. The topological polar surface area (TPSA) is 12.9 Å². The molecule has 192 valence electrons. The second kappa shape index (κ2) is 9.32. The molecule has 6 rings (SSSR count). The number of rotatable bonds is 4. The molecule has 0 unspecified atom stereocenters. The molecular formula is C35H35NS2. The van der Waals surface area contributed by atoms with Gasteiger partial charge in [-0.25, -0.2) is 4.98 Å². The van der Waals surface area contributed by atoms with E-state index in [4.69, 9.17) is 4.98 Å². The summed E-state index contributed by atoms with van der Waals surface area (Å²) in [4.78, 5) is 6.64. The van der Waals surface area contributed by atoms with Crippen LogP contribution < -0.4 is 0 Å². The number of benzene rings is 3. The van der Waals surface area contributed by atoms with Crippen LogP contribution in [0, 0.1) is 19.8 Å². The summed E-state index contributed by atoms with van der Waals surface area (Å²) in [6.45, 7) is 15.9. The predicted molar refractivity (Wildman–Crippen MR) is 170 cm³/mol. The van der Waals surface area contributed by atoms with E-state index in [-0.39, 0.29) is 5.41 Å². The monoisotopic (exact) mass is 533 g/mol. The number of hydrogen-bond donors (Lipinski definition) is 0. The minimum atomic E-state index is 0.0370. The zero-order valence-electron chi connectivity index (χ0n) is 23.4. The van der Waals surface area contributed by atoms with Crippen molar-refractivity contribution in [2.45, 2.75) is 60.3 Å². The van der Waals surface area contributed by atoms with Crippen molar-refractivity contribution in [3.63, 3.8) is 0 Å². The van der Waals surface area contributed by atoms with Crippen LogP contribution >= 0.6 is 22.7 Å². The van der Waals surface area contributed by atoms with Gasteiger partial charge in [-0.3, -0.25) is 0 Å². The van der Waals surface area contributed by atoms with Gasteiger partial charge in [0.15, 0.2) is 0 Å². The third kappa shape index (κ3) is 4.36. The fourth-order valence-corrected chi connectivity index (χ4v) is 7.73. The Morgan fingerprint density at radius 3 is 2.42 bits per heavy atom. The summed E-state index contributed by atoms with van der Waals surface area (Å²) in [5.41, 5.74) is 10.1. The molecule has 3 aromatic heterocycles. The van der Waals surface area contributed by atoms with E-state index in [9.17, 15) is 0 Å². The van der Waals surface area contributed by atoms with E-state index in [0.29, 0.717) is 5.92 Å². The molecule has 0 spiro atoms. The van der Waals surface area contributed by atoms with E-state index in [1.54, 1.807) is 0 Å². The largest absolute Gasteiger partial charge is 0.247 e. The highest BCUT2D eigenvalue weighted by Crippen LogP contribution is 2.42. The Morgan fingerprint density at radius 2 is 1.66 bits per heavy atom. The third-order valence-corrected chi connectivity index (χ3v) is 9.90. The van der Waals surface area contributed by atoms with Gasteiger partial charge in [0, 0.05) is 20.7 Å². The lowest BCUT2D eigenvalue weighted by Crippen LogP contribution is -2.12. The van der Waals surface area contributed by atoms with Crippen LogP contribution in [-0.4, -0.2) is 4.98 Å². The second-order valence-corrected chi connectivity index (χ2v) is 14.2. The summed E-state index contributed by atoms with van der Waals surface area (Å²) in [7, 11) is 0. The van der Waals surface area contributed by atoms with E-state index in [0.717, 1.165) is 17.6 Å². The second-order valence-electron chi connectivity index (χ2n) is 12.1. The Balaban J connectivity index is 1.59. The van der Waals surface area contributed by atoms with Crippen LogP contribution in [0.5, 0.6) is 0 Å². The average molecular weight is 534 g/mol. The Morgan fingerprint density at radius 1 is 0.868 bits per heavy atom. The first-order valence-corrected chi connectivity index (χ1v) is 15.2. The number of fused-ring (bicyclic) bond motifs is 3. The molecular weight excluding hydrogens is 499 g/mol. The van der Waals surface area contributed by atoms with Crippen molar-refractivity contribution in [1.82, 2.24) is 4.98 Å². The number of hydrogen-bond acceptors (Lipinski definition) is 3. The number of pyridine rings is 1. The number of aromatic nitrogens is 1. The molecule has 0 atom stereocenters. The highest BCUT2D eigenvalue weighted by atomic mass is 32.1. The number of nitrogens with zero attached hydrogens (tertiary/aromatic N) is 1. The van der Waals surface area contributed by atoms with Gasteiger partial charge in [0.2, 0.25) is 0 Å². The van der Waals surface area contributed by atoms with Gasteiger partial charge in [-0.1, -0.05) is 71.0 Å². The molecule has 3 heteroatoms. The molecule has 0 fully saturated rings. The molecule has 38 heavy (non-hydrogen) atoms. The fraction of sp³-hybridized carbons (Fsp3) is 0.286. The quantitative estimate of drug-likeness (QED) is 0.220. The lowest BCUT2D eigenvalue weighted by atomic mass is 9.82. The molecule has 0 aliphatic heterocycles. The van der Waals surface area contributed by atoms with E-state index < -0.39 is 0 Å². The van der Waals surface area contributed by atoms with Crippen molar-refractivity contribution in [3.05, 3.63) is 87.6 Å². The first kappa shape index (κ1) is 25.3. The minimum Gasteiger partial charge on any atom is -0.247 e. The Bertz CT molecular complexity index is 1820. The van der Waals surface area contributed by atoms with Crippen LogP contribution in [0.4, 0.5) is 0 Å². The van der Waals surface area contributed by atoms with E-state index >= 15 is 0 Å². The van der Waals surface area contributed by atoms with Crippen molar-refractivity contribution in [3.8, 4) is 22.4 Å². The molecule has 0 bridgehead atoms. The lowest BCUT2D eigenvalue weighted by Gasteiger charge is -2.23. The zero-order chi connectivity index (χ0) is 26.8. The van der Waals surface area contributed by atoms with Gasteiger partial charge in [-0.2, -0.15) is 0 Å². The maximum absolute atomic E-state index is 5.29. The predicted octanol–water partition coefficient (Wildman–Crippen LogP) is 11.1. The van der Waals surface area contributed by atoms with Crippen LogP contribution in [0.2, 0.25) is 0 Å². The van der Waals surface area contributed by atoms with Gasteiger partial charge >= 0.3 is 0 Å². The Kier molecular flexibility index (Phi) is 6.20. The molecule has 0 radical (unpaired) electrons. The van der Waals surface area contributed by atoms with Gasteiger partial charge in [-0.15, -0.1) is 22.7 Å². The van der Waals surface area contributed by atoms with Crippen molar-refractivity contribution in [2.75, 3.05) is 0 Å². The molecule has 0 saturated heterocycles. The summed E-state index contributed by atoms with van der Waals surface area (Å²) in [5.74, 6) is 0.659. The highest BCUT2D eigenvalue weighted by Gasteiger charge is 2.21. The fourth-order valence-electron chi connectivity index (χ4n) is 5.58. The summed E-state index contributed by atoms with van der Waals surface area (Å²) < 4.78 is 2.66. The van der Waals surface area contributed by atoms with Gasteiger partial charge in [-0.05, 0) is 99.7 Å². The molecule has 3 aromatic carbocycles. The van der Waals surface area contributed by atoms with Crippen molar-refractivity contribution in [2.24, 2.45) is 5.92 Å². The summed E-state index contributed by atoms with van der Waals surface area (Å²) in [5, 5.41) is 6.35. The molecule has 0 aliphatic carbocycles. The van der Waals surface area contributed by atoms with Crippen molar-refractivity contribution >= 4 is 53.7 Å². The molecule has 0 amide bonds. The van der Waals surface area contributed by atoms with Gasteiger partial charge in [0.1, 0.15) is 0 Å².